The van der Waals surface area contributed by atoms with E-state index in [9.17, 15) is 24.3 Å². The van der Waals surface area contributed by atoms with E-state index >= 15 is 0 Å². The highest BCUT2D eigenvalue weighted by atomic mass is 32.2. The van der Waals surface area contributed by atoms with Gasteiger partial charge in [0.25, 0.3) is 11.8 Å². The minimum Gasteiger partial charge on any atom is -0.543 e. The van der Waals surface area contributed by atoms with Crippen molar-refractivity contribution in [3.8, 4) is 0 Å². The van der Waals surface area contributed by atoms with Crippen molar-refractivity contribution in [2.75, 3.05) is 23.4 Å². The van der Waals surface area contributed by atoms with Gasteiger partial charge in [-0.05, 0) is 19.1 Å². The maximum absolute atomic E-state index is 13.0. The SMILES string of the molecule is CCON=C(C(=O)NC1C(=O)N2C(C(=O)[O-])=C(C[n+]3cccc(NC=O)c3)CS[C@@H]12)c1nccc(N)n1. The van der Waals surface area contributed by atoms with Crippen molar-refractivity contribution in [1.29, 1.82) is 0 Å². The molecule has 15 heteroatoms. The van der Waals surface area contributed by atoms with Gasteiger partial charge in [0.1, 0.15) is 29.5 Å². The molecule has 2 aliphatic heterocycles. The molecule has 0 saturated carbocycles. The van der Waals surface area contributed by atoms with E-state index in [1.807, 2.05) is 0 Å². The summed E-state index contributed by atoms with van der Waals surface area (Å²) in [7, 11) is 0. The van der Waals surface area contributed by atoms with E-state index in [0.717, 1.165) is 4.90 Å². The molecule has 1 fully saturated rings. The Bertz CT molecular complexity index is 1320. The quantitative estimate of drug-likeness (QED) is 0.100. The average Bonchev–Trinajstić information content (AvgIpc) is 2.87. The van der Waals surface area contributed by atoms with Crippen LogP contribution in [0.1, 0.15) is 12.7 Å². The highest BCUT2D eigenvalue weighted by molar-refractivity contribution is 8.00. The Morgan fingerprint density at radius 3 is 2.95 bits per heavy atom. The number of carboxylic acids is 1. The molecule has 3 amide bonds. The number of oxime groups is 1. The van der Waals surface area contributed by atoms with Crippen LogP contribution in [0.2, 0.25) is 0 Å². The highest BCUT2D eigenvalue weighted by Crippen LogP contribution is 2.40. The van der Waals surface area contributed by atoms with Crippen LogP contribution < -0.4 is 26.0 Å². The van der Waals surface area contributed by atoms with Gasteiger partial charge in [-0.25, -0.2) is 9.97 Å². The molecule has 0 spiro atoms. The van der Waals surface area contributed by atoms with Crippen molar-refractivity contribution in [2.24, 2.45) is 5.16 Å². The van der Waals surface area contributed by atoms with Gasteiger partial charge in [-0.2, -0.15) is 4.57 Å². The van der Waals surface area contributed by atoms with Gasteiger partial charge < -0.3 is 31.1 Å². The third kappa shape index (κ3) is 5.35. The van der Waals surface area contributed by atoms with Crippen molar-refractivity contribution in [2.45, 2.75) is 24.9 Å². The Morgan fingerprint density at radius 2 is 2.24 bits per heavy atom. The monoisotopic (exact) mass is 526 g/mol. The first-order valence-corrected chi connectivity index (χ1v) is 12.1. The number of hydrogen-bond donors (Lipinski definition) is 3. The molecular formula is C22H22N8O6S. The number of nitrogens with zero attached hydrogens (tertiary/aromatic N) is 5. The minimum absolute atomic E-state index is 0.0909. The Labute approximate surface area is 214 Å². The van der Waals surface area contributed by atoms with Crippen LogP contribution in [0.15, 0.2) is 53.2 Å². The number of β-lactam (4-membered cyclic amide) rings is 1. The molecule has 4 rings (SSSR count). The molecule has 1 saturated heterocycles. The zero-order valence-corrected chi connectivity index (χ0v) is 20.3. The number of carbonyl (C=O) groups excluding carboxylic acids is 4. The maximum atomic E-state index is 13.0. The first kappa shape index (κ1) is 25.6. The molecule has 4 N–H and O–H groups in total. The summed E-state index contributed by atoms with van der Waals surface area (Å²) in [5.41, 5.74) is 6.11. The number of nitrogens with one attached hydrogen (secondary N) is 2. The summed E-state index contributed by atoms with van der Waals surface area (Å²) in [6, 6.07) is 3.78. The molecule has 37 heavy (non-hydrogen) atoms. The van der Waals surface area contributed by atoms with Crippen LogP contribution >= 0.6 is 11.8 Å². The van der Waals surface area contributed by atoms with E-state index in [1.54, 1.807) is 36.0 Å². The van der Waals surface area contributed by atoms with E-state index in [-0.39, 0.29) is 42.0 Å². The van der Waals surface area contributed by atoms with Crippen LogP contribution in [0.5, 0.6) is 0 Å². The fraction of sp³-hybridized carbons (Fsp3) is 0.273. The predicted octanol–water partition coefficient (Wildman–Crippen LogP) is -2.24. The number of fused-ring (bicyclic) bond motifs is 1. The second kappa shape index (κ2) is 11.0. The van der Waals surface area contributed by atoms with Gasteiger partial charge in [-0.3, -0.25) is 19.3 Å². The Hall–Kier alpha value is -4.53. The van der Waals surface area contributed by atoms with E-state index in [0.29, 0.717) is 17.7 Å². The summed E-state index contributed by atoms with van der Waals surface area (Å²) in [6.07, 6.45) is 5.21. The number of aromatic nitrogens is 3. The summed E-state index contributed by atoms with van der Waals surface area (Å²) in [5.74, 6) is -2.62. The largest absolute Gasteiger partial charge is 0.543 e. The van der Waals surface area contributed by atoms with Crippen molar-refractivity contribution in [1.82, 2.24) is 20.2 Å². The summed E-state index contributed by atoms with van der Waals surface area (Å²) in [6.45, 7) is 1.99. The first-order chi connectivity index (χ1) is 17.8. The van der Waals surface area contributed by atoms with Crippen molar-refractivity contribution in [3.63, 3.8) is 0 Å². The zero-order valence-electron chi connectivity index (χ0n) is 19.5. The Morgan fingerprint density at radius 1 is 1.43 bits per heavy atom. The number of carbonyl (C=O) groups is 4. The van der Waals surface area contributed by atoms with Crippen molar-refractivity contribution < 1.29 is 33.7 Å². The topological polar surface area (TPSA) is 196 Å². The van der Waals surface area contributed by atoms with Gasteiger partial charge in [0.15, 0.2) is 24.8 Å². The second-order valence-electron chi connectivity index (χ2n) is 7.79. The maximum Gasteiger partial charge on any atom is 0.278 e. The predicted molar refractivity (Wildman–Crippen MR) is 128 cm³/mol. The molecule has 2 atom stereocenters. The number of thioether (sulfide) groups is 1. The van der Waals surface area contributed by atoms with Crippen LogP contribution in [-0.2, 0) is 30.6 Å². The molecule has 14 nitrogen and oxygen atoms in total. The number of carboxylic acid groups (broad SMARTS) is 1. The lowest BCUT2D eigenvalue weighted by molar-refractivity contribution is -0.688. The molecule has 4 heterocycles. The third-order valence-corrected chi connectivity index (χ3v) is 6.71. The molecular weight excluding hydrogens is 504 g/mol. The number of rotatable bonds is 10. The normalized spacial score (nSPS) is 19.0. The third-order valence-electron chi connectivity index (χ3n) is 5.37. The van der Waals surface area contributed by atoms with E-state index in [1.165, 1.54) is 24.0 Å². The van der Waals surface area contributed by atoms with Gasteiger partial charge in [0.2, 0.25) is 12.1 Å². The molecule has 0 aliphatic carbocycles. The second-order valence-corrected chi connectivity index (χ2v) is 8.90. The van der Waals surface area contributed by atoms with Gasteiger partial charge in [0, 0.05) is 23.6 Å². The van der Waals surface area contributed by atoms with Crippen LogP contribution in [0.3, 0.4) is 0 Å². The molecule has 2 aromatic heterocycles. The molecule has 0 bridgehead atoms. The zero-order chi connectivity index (χ0) is 26.5. The average molecular weight is 527 g/mol. The number of anilines is 2. The molecule has 0 aromatic carbocycles. The van der Waals surface area contributed by atoms with Gasteiger partial charge in [-0.15, -0.1) is 11.8 Å². The number of aliphatic carboxylic acids is 1. The highest BCUT2D eigenvalue weighted by Gasteiger charge is 2.53. The van der Waals surface area contributed by atoms with Gasteiger partial charge in [0.05, 0.1) is 11.7 Å². The lowest BCUT2D eigenvalue weighted by Crippen LogP contribution is -2.71. The van der Waals surface area contributed by atoms with Gasteiger partial charge in [-0.1, -0.05) is 5.16 Å². The summed E-state index contributed by atoms with van der Waals surface area (Å²) in [5, 5.41) is 20.2. The summed E-state index contributed by atoms with van der Waals surface area (Å²) in [4.78, 5) is 62.8. The lowest BCUT2D eigenvalue weighted by Gasteiger charge is -2.50. The van der Waals surface area contributed by atoms with Crippen LogP contribution in [0, 0.1) is 0 Å². The lowest BCUT2D eigenvalue weighted by atomic mass is 10.0. The summed E-state index contributed by atoms with van der Waals surface area (Å²) >= 11 is 1.29. The minimum atomic E-state index is -1.51. The number of amides is 3. The smallest absolute Gasteiger partial charge is 0.278 e. The van der Waals surface area contributed by atoms with E-state index < -0.39 is 29.2 Å². The standard InChI is InChI=1S/C22H22N8O6S/c1-2-36-28-15(18-24-6-5-14(23)26-18)19(32)27-16-20(33)30-17(22(34)35)12(10-37-21(16)30)8-29-7-3-4-13(9-29)25-11-31/h3-7,9,11,16,21H,2,8,10H2,1H3,(H4-,23,24,25,26,27,31,32,34,35)/t16?,21-/m0/s1. The Kier molecular flexibility index (Phi) is 7.62. The number of pyridine rings is 1. The van der Waals surface area contributed by atoms with Crippen LogP contribution in [0.25, 0.3) is 0 Å². The first-order valence-electron chi connectivity index (χ1n) is 11.0. The summed E-state index contributed by atoms with van der Waals surface area (Å²) < 4.78 is 1.68. The molecule has 192 valence electrons. The number of nitrogen functional groups attached to an aromatic ring is 1. The molecule has 0 radical (unpaired) electrons. The van der Waals surface area contributed by atoms with Gasteiger partial charge >= 0.3 is 0 Å². The van der Waals surface area contributed by atoms with Crippen LogP contribution in [0.4, 0.5) is 11.5 Å². The van der Waals surface area contributed by atoms with E-state index in [2.05, 4.69) is 25.8 Å². The van der Waals surface area contributed by atoms with Crippen molar-refractivity contribution in [3.05, 3.63) is 53.9 Å². The Balaban J connectivity index is 1.54. The fourth-order valence-corrected chi connectivity index (χ4v) is 5.13. The number of hydrogen-bond acceptors (Lipinski definition) is 11. The molecule has 2 aliphatic rings. The number of nitrogens with two attached hydrogens (primary N) is 1. The van der Waals surface area contributed by atoms with Crippen LogP contribution in [-0.4, -0.2) is 68.5 Å². The molecule has 1 unspecified atom stereocenters. The van der Waals surface area contributed by atoms with E-state index in [4.69, 9.17) is 10.6 Å². The fourth-order valence-electron chi connectivity index (χ4n) is 3.80. The van der Waals surface area contributed by atoms with Crippen molar-refractivity contribution >= 4 is 53.2 Å². The molecule has 2 aromatic rings.